The first-order valence-electron chi connectivity index (χ1n) is 2.85. The van der Waals surface area contributed by atoms with Gasteiger partial charge in [0.2, 0.25) is 0 Å². The van der Waals surface area contributed by atoms with E-state index in [4.69, 9.17) is 11.6 Å². The molecule has 0 radical (unpaired) electrons. The first kappa shape index (κ1) is 7.34. The largest absolute Gasteiger partial charge is 0.441 e. The number of hydrogen-bond acceptors (Lipinski definition) is 3. The molecule has 56 valence electrons. The first-order chi connectivity index (χ1) is 4.75. The van der Waals surface area contributed by atoms with Gasteiger partial charge in [0.15, 0.2) is 5.82 Å². The molecular formula is C5H7ClN2O2. The van der Waals surface area contributed by atoms with Crippen molar-refractivity contribution in [3.63, 3.8) is 0 Å². The van der Waals surface area contributed by atoms with Gasteiger partial charge in [0.1, 0.15) is 0 Å². The summed E-state index contributed by atoms with van der Waals surface area (Å²) in [5.74, 6) is 0.505. The highest BCUT2D eigenvalue weighted by molar-refractivity contribution is 6.17. The highest BCUT2D eigenvalue weighted by Crippen LogP contribution is 1.89. The monoisotopic (exact) mass is 162 g/mol. The Morgan fingerprint density at radius 2 is 2.50 bits per heavy atom. The van der Waals surface area contributed by atoms with E-state index in [1.165, 1.54) is 4.57 Å². The summed E-state index contributed by atoms with van der Waals surface area (Å²) in [5, 5.41) is 3.45. The molecule has 0 fully saturated rings. The zero-order chi connectivity index (χ0) is 7.56. The Morgan fingerprint density at radius 3 is 2.90 bits per heavy atom. The van der Waals surface area contributed by atoms with Crippen molar-refractivity contribution >= 4 is 11.6 Å². The Morgan fingerprint density at radius 1 is 1.80 bits per heavy atom. The van der Waals surface area contributed by atoms with E-state index < -0.39 is 5.76 Å². The van der Waals surface area contributed by atoms with Crippen LogP contribution in [-0.4, -0.2) is 15.6 Å². The van der Waals surface area contributed by atoms with Gasteiger partial charge >= 0.3 is 5.76 Å². The van der Waals surface area contributed by atoms with Crippen LogP contribution in [0.25, 0.3) is 0 Å². The highest BCUT2D eigenvalue weighted by Gasteiger charge is 2.02. The van der Waals surface area contributed by atoms with Gasteiger partial charge in [-0.15, -0.1) is 11.6 Å². The molecule has 0 unspecified atom stereocenters. The molecular weight excluding hydrogens is 156 g/mol. The van der Waals surface area contributed by atoms with Crippen molar-refractivity contribution in [3.05, 3.63) is 16.4 Å². The quantitative estimate of drug-likeness (QED) is 0.591. The fourth-order valence-electron chi connectivity index (χ4n) is 0.673. The van der Waals surface area contributed by atoms with Gasteiger partial charge in [-0.05, 0) is 6.92 Å². The lowest BCUT2D eigenvalue weighted by molar-refractivity contribution is 0.375. The zero-order valence-corrected chi connectivity index (χ0v) is 6.26. The lowest BCUT2D eigenvalue weighted by Crippen LogP contribution is -2.16. The van der Waals surface area contributed by atoms with Crippen molar-refractivity contribution in [1.29, 1.82) is 0 Å². The van der Waals surface area contributed by atoms with Gasteiger partial charge in [0, 0.05) is 12.4 Å². The summed E-state index contributed by atoms with van der Waals surface area (Å²) in [4.78, 5) is 10.7. The molecule has 1 heterocycles. The fourth-order valence-corrected chi connectivity index (χ4v) is 0.842. The zero-order valence-electron chi connectivity index (χ0n) is 5.50. The summed E-state index contributed by atoms with van der Waals surface area (Å²) < 4.78 is 5.73. The number of aromatic nitrogens is 2. The fraction of sp³-hybridized carbons (Fsp3) is 0.600. The summed E-state index contributed by atoms with van der Waals surface area (Å²) in [6.45, 7) is 2.15. The third kappa shape index (κ3) is 1.21. The number of halogens is 1. The number of hydrogen-bond donors (Lipinski definition) is 0. The maximum Gasteiger partial charge on any atom is 0.441 e. The van der Waals surface area contributed by atoms with Crippen LogP contribution in [0.4, 0.5) is 0 Å². The maximum atomic E-state index is 10.7. The van der Waals surface area contributed by atoms with Crippen molar-refractivity contribution in [2.75, 3.05) is 5.88 Å². The van der Waals surface area contributed by atoms with E-state index >= 15 is 0 Å². The van der Waals surface area contributed by atoms with Crippen LogP contribution in [0.5, 0.6) is 0 Å². The molecule has 0 amide bonds. The molecule has 0 aliphatic rings. The van der Waals surface area contributed by atoms with Crippen molar-refractivity contribution < 1.29 is 4.52 Å². The van der Waals surface area contributed by atoms with Gasteiger partial charge < -0.3 is 0 Å². The van der Waals surface area contributed by atoms with Crippen LogP contribution in [0, 0.1) is 6.92 Å². The summed E-state index contributed by atoms with van der Waals surface area (Å²) in [6, 6.07) is 0. The molecule has 1 aromatic rings. The molecule has 0 saturated heterocycles. The lowest BCUT2D eigenvalue weighted by atomic mass is 10.6. The van der Waals surface area contributed by atoms with Crippen molar-refractivity contribution in [2.45, 2.75) is 13.5 Å². The Bertz CT molecular complexity index is 265. The van der Waals surface area contributed by atoms with Crippen LogP contribution in [0.1, 0.15) is 5.82 Å². The minimum atomic E-state index is -0.446. The average Bonchev–Trinajstić information content (AvgIpc) is 2.20. The Hall–Kier alpha value is -0.770. The first-order valence-corrected chi connectivity index (χ1v) is 3.38. The van der Waals surface area contributed by atoms with Crippen molar-refractivity contribution in [3.8, 4) is 0 Å². The molecule has 0 bridgehead atoms. The molecule has 0 aromatic carbocycles. The predicted octanol–water partition coefficient (Wildman–Crippen LogP) is 0.384. The summed E-state index contributed by atoms with van der Waals surface area (Å²) in [5.41, 5.74) is 0. The summed E-state index contributed by atoms with van der Waals surface area (Å²) in [6.07, 6.45) is 0. The van der Waals surface area contributed by atoms with Gasteiger partial charge in [-0.1, -0.05) is 5.16 Å². The highest BCUT2D eigenvalue weighted by atomic mass is 35.5. The Kier molecular flexibility index (Phi) is 2.11. The predicted molar refractivity (Wildman–Crippen MR) is 36.2 cm³/mol. The number of rotatable bonds is 2. The van der Waals surface area contributed by atoms with Crippen LogP contribution >= 0.6 is 11.6 Å². The summed E-state index contributed by atoms with van der Waals surface area (Å²) in [7, 11) is 0. The van der Waals surface area contributed by atoms with Crippen LogP contribution in [0.3, 0.4) is 0 Å². The van der Waals surface area contributed by atoms with Gasteiger partial charge in [-0.2, -0.15) is 0 Å². The summed E-state index contributed by atoms with van der Waals surface area (Å²) >= 11 is 5.41. The van der Waals surface area contributed by atoms with E-state index in [1.54, 1.807) is 6.92 Å². The molecule has 4 nitrogen and oxygen atoms in total. The molecule has 1 rings (SSSR count). The second-order valence-electron chi connectivity index (χ2n) is 1.84. The Balaban J connectivity index is 2.99. The molecule has 0 atom stereocenters. The van der Waals surface area contributed by atoms with Crippen LogP contribution in [0.2, 0.25) is 0 Å². The SMILES string of the molecule is Cc1noc(=O)n1CCCl. The van der Waals surface area contributed by atoms with Gasteiger partial charge in [-0.25, -0.2) is 4.79 Å². The molecule has 0 aliphatic heterocycles. The third-order valence-electron chi connectivity index (χ3n) is 1.17. The third-order valence-corrected chi connectivity index (χ3v) is 1.34. The maximum absolute atomic E-state index is 10.7. The van der Waals surface area contributed by atoms with E-state index in [9.17, 15) is 4.79 Å². The van der Waals surface area contributed by atoms with Crippen molar-refractivity contribution in [2.24, 2.45) is 0 Å². The minimum Gasteiger partial charge on any atom is -0.296 e. The average molecular weight is 163 g/mol. The van der Waals surface area contributed by atoms with Gasteiger partial charge in [0.25, 0.3) is 0 Å². The molecule has 0 saturated carbocycles. The van der Waals surface area contributed by atoms with E-state index in [1.807, 2.05) is 0 Å². The smallest absolute Gasteiger partial charge is 0.296 e. The molecule has 0 aliphatic carbocycles. The van der Waals surface area contributed by atoms with E-state index in [0.717, 1.165) is 0 Å². The van der Waals surface area contributed by atoms with Crippen LogP contribution < -0.4 is 5.76 Å². The van der Waals surface area contributed by atoms with Gasteiger partial charge in [-0.3, -0.25) is 9.09 Å². The standard InChI is InChI=1S/C5H7ClN2O2/c1-4-7-10-5(9)8(4)3-2-6/h2-3H2,1H3. The number of alkyl halides is 1. The normalized spacial score (nSPS) is 10.2. The number of nitrogens with zero attached hydrogens (tertiary/aromatic N) is 2. The van der Waals surface area contributed by atoms with E-state index in [2.05, 4.69) is 9.68 Å². The van der Waals surface area contributed by atoms with E-state index in [-0.39, 0.29) is 0 Å². The molecule has 0 N–H and O–H groups in total. The second kappa shape index (κ2) is 2.88. The van der Waals surface area contributed by atoms with Crippen LogP contribution in [0.15, 0.2) is 9.32 Å². The van der Waals surface area contributed by atoms with Crippen molar-refractivity contribution in [1.82, 2.24) is 9.72 Å². The number of aryl methyl sites for hydroxylation is 1. The minimum absolute atomic E-state index is 0.391. The van der Waals surface area contributed by atoms with Gasteiger partial charge in [0.05, 0.1) is 0 Å². The Labute approximate surface area is 62.4 Å². The lowest BCUT2D eigenvalue weighted by Gasteiger charge is -1.93. The van der Waals surface area contributed by atoms with Crippen LogP contribution in [-0.2, 0) is 6.54 Å². The molecule has 0 spiro atoms. The molecule has 1 aromatic heterocycles. The second-order valence-corrected chi connectivity index (χ2v) is 2.21. The molecule has 5 heteroatoms. The molecule has 10 heavy (non-hydrogen) atoms. The topological polar surface area (TPSA) is 48.0 Å². The van der Waals surface area contributed by atoms with E-state index in [0.29, 0.717) is 18.2 Å².